The third kappa shape index (κ3) is 2.37. The topological polar surface area (TPSA) is 22.1 Å². The van der Waals surface area contributed by atoms with Crippen molar-refractivity contribution in [1.82, 2.24) is 4.98 Å². The van der Waals surface area contributed by atoms with Crippen LogP contribution in [-0.4, -0.2) is 12.1 Å². The molecule has 2 nitrogen and oxygen atoms in total. The first-order valence-electron chi connectivity index (χ1n) is 3.87. The average molecular weight is 245 g/mol. The lowest BCUT2D eigenvalue weighted by atomic mass is 10.1. The number of alkyl halides is 5. The van der Waals surface area contributed by atoms with Crippen LogP contribution in [0.5, 0.6) is 5.75 Å². The minimum atomic E-state index is -5.17. The summed E-state index contributed by atoms with van der Waals surface area (Å²) in [5.41, 5.74) is -3.43. The Morgan fingerprint density at radius 1 is 1.31 bits per heavy atom. The van der Waals surface area contributed by atoms with Gasteiger partial charge in [0.25, 0.3) is 6.43 Å². The zero-order valence-electron chi connectivity index (χ0n) is 7.78. The van der Waals surface area contributed by atoms with Crippen LogP contribution in [-0.2, 0) is 6.18 Å². The third-order valence-corrected chi connectivity index (χ3v) is 1.70. The molecule has 0 N–H and O–H groups in total. The summed E-state index contributed by atoms with van der Waals surface area (Å²) in [4.78, 5) is 2.42. The summed E-state index contributed by atoms with van der Waals surface area (Å²) in [5, 5.41) is 0. The number of halogens is 6. The normalized spacial score (nSPS) is 12.0. The first-order chi connectivity index (χ1) is 7.27. The van der Waals surface area contributed by atoms with E-state index in [9.17, 15) is 26.3 Å². The maximum Gasteiger partial charge on any atom is 0.434 e. The summed E-state index contributed by atoms with van der Waals surface area (Å²) in [7, 11) is 0.862. The molecule has 1 aromatic rings. The summed E-state index contributed by atoms with van der Waals surface area (Å²) in [6.45, 7) is 0. The minimum Gasteiger partial charge on any atom is -0.496 e. The van der Waals surface area contributed by atoms with E-state index in [1.54, 1.807) is 0 Å². The van der Waals surface area contributed by atoms with Gasteiger partial charge in [0.05, 0.1) is 12.7 Å². The molecule has 0 amide bonds. The molecule has 0 aliphatic carbocycles. The Balaban J connectivity index is 3.51. The molecule has 1 aromatic heterocycles. The van der Waals surface area contributed by atoms with Gasteiger partial charge in [-0.05, 0) is 0 Å². The first kappa shape index (κ1) is 12.6. The predicted molar refractivity (Wildman–Crippen MR) is 40.7 cm³/mol. The fraction of sp³-hybridized carbons (Fsp3) is 0.375. The maximum atomic E-state index is 12.7. The molecule has 0 saturated carbocycles. The van der Waals surface area contributed by atoms with E-state index in [1.165, 1.54) is 0 Å². The van der Waals surface area contributed by atoms with Crippen molar-refractivity contribution in [3.05, 3.63) is 23.3 Å². The molecule has 0 spiro atoms. The number of nitrogens with zero attached hydrogens (tertiary/aromatic N) is 1. The molecule has 0 aromatic carbocycles. The molecule has 0 saturated heterocycles. The zero-order chi connectivity index (χ0) is 12.5. The van der Waals surface area contributed by atoms with Gasteiger partial charge < -0.3 is 4.74 Å². The standard InChI is InChI=1S/C8H5F6NO/c1-16-3-2-4(9)15-6(8(12,13)14)5(3)7(10)11/h2,7H,1H3. The average Bonchev–Trinajstić information content (AvgIpc) is 2.14. The SMILES string of the molecule is COc1cc(F)nc(C(F)(F)F)c1C(F)F. The molecule has 16 heavy (non-hydrogen) atoms. The number of ether oxygens (including phenoxy) is 1. The summed E-state index contributed by atoms with van der Waals surface area (Å²) >= 11 is 0. The number of hydrogen-bond donors (Lipinski definition) is 0. The van der Waals surface area contributed by atoms with Gasteiger partial charge in [-0.3, -0.25) is 0 Å². The van der Waals surface area contributed by atoms with E-state index >= 15 is 0 Å². The Labute approximate surface area is 85.9 Å². The van der Waals surface area contributed by atoms with E-state index in [0.29, 0.717) is 6.07 Å². The second-order valence-electron chi connectivity index (χ2n) is 2.71. The number of hydrogen-bond acceptors (Lipinski definition) is 2. The highest BCUT2D eigenvalue weighted by Crippen LogP contribution is 2.39. The van der Waals surface area contributed by atoms with Crippen molar-refractivity contribution in [1.29, 1.82) is 0 Å². The highest BCUT2D eigenvalue weighted by molar-refractivity contribution is 5.38. The molecule has 0 fully saturated rings. The van der Waals surface area contributed by atoms with Gasteiger partial charge in [-0.2, -0.15) is 17.6 Å². The van der Waals surface area contributed by atoms with Gasteiger partial charge in [0, 0.05) is 6.07 Å². The second-order valence-corrected chi connectivity index (χ2v) is 2.71. The molecule has 0 aliphatic rings. The third-order valence-electron chi connectivity index (χ3n) is 1.70. The zero-order valence-corrected chi connectivity index (χ0v) is 7.78. The van der Waals surface area contributed by atoms with Crippen LogP contribution in [0.3, 0.4) is 0 Å². The number of pyridine rings is 1. The van der Waals surface area contributed by atoms with Crippen molar-refractivity contribution in [2.75, 3.05) is 7.11 Å². The van der Waals surface area contributed by atoms with Gasteiger partial charge in [-0.15, -0.1) is 0 Å². The van der Waals surface area contributed by atoms with Crippen LogP contribution in [0.25, 0.3) is 0 Å². The van der Waals surface area contributed by atoms with E-state index in [0.717, 1.165) is 7.11 Å². The highest BCUT2D eigenvalue weighted by Gasteiger charge is 2.40. The molecular weight excluding hydrogens is 240 g/mol. The number of aromatic nitrogens is 1. The predicted octanol–water partition coefficient (Wildman–Crippen LogP) is 3.19. The first-order valence-corrected chi connectivity index (χ1v) is 3.87. The molecule has 0 atom stereocenters. The van der Waals surface area contributed by atoms with E-state index in [1.807, 2.05) is 0 Å². The quantitative estimate of drug-likeness (QED) is 0.589. The summed E-state index contributed by atoms with van der Waals surface area (Å²) < 4.78 is 78.6. The molecule has 0 radical (unpaired) electrons. The van der Waals surface area contributed by atoms with Gasteiger partial charge >= 0.3 is 6.18 Å². The Hall–Kier alpha value is -1.47. The van der Waals surface area contributed by atoms with Gasteiger partial charge in [0.15, 0.2) is 5.69 Å². The Kier molecular flexibility index (Phi) is 3.30. The van der Waals surface area contributed by atoms with Crippen molar-refractivity contribution in [3.8, 4) is 5.75 Å². The van der Waals surface area contributed by atoms with Crippen LogP contribution in [0.2, 0.25) is 0 Å². The molecule has 1 heterocycles. The van der Waals surface area contributed by atoms with E-state index in [2.05, 4.69) is 9.72 Å². The van der Waals surface area contributed by atoms with E-state index in [-0.39, 0.29) is 0 Å². The molecule has 1 rings (SSSR count). The van der Waals surface area contributed by atoms with Crippen molar-refractivity contribution in [3.63, 3.8) is 0 Å². The van der Waals surface area contributed by atoms with E-state index in [4.69, 9.17) is 0 Å². The van der Waals surface area contributed by atoms with Gasteiger partial charge in [-0.25, -0.2) is 13.8 Å². The van der Waals surface area contributed by atoms with E-state index < -0.39 is 35.6 Å². The van der Waals surface area contributed by atoms with Crippen molar-refractivity contribution >= 4 is 0 Å². The molecule has 8 heteroatoms. The lowest BCUT2D eigenvalue weighted by Crippen LogP contribution is -2.14. The van der Waals surface area contributed by atoms with Crippen molar-refractivity contribution in [2.45, 2.75) is 12.6 Å². The smallest absolute Gasteiger partial charge is 0.434 e. The van der Waals surface area contributed by atoms with Gasteiger partial charge in [0.2, 0.25) is 5.95 Å². The van der Waals surface area contributed by atoms with Crippen molar-refractivity contribution < 1.29 is 31.1 Å². The van der Waals surface area contributed by atoms with Crippen LogP contribution in [0.15, 0.2) is 6.07 Å². The fourth-order valence-electron chi connectivity index (χ4n) is 1.10. The van der Waals surface area contributed by atoms with Crippen LogP contribution >= 0.6 is 0 Å². The number of methoxy groups -OCH3 is 1. The Morgan fingerprint density at radius 2 is 1.88 bits per heavy atom. The minimum absolute atomic E-state index is 0.372. The van der Waals surface area contributed by atoms with Gasteiger partial charge in [-0.1, -0.05) is 0 Å². The Morgan fingerprint density at radius 3 is 2.25 bits per heavy atom. The Bertz CT molecular complexity index is 389. The molecule has 90 valence electrons. The summed E-state index contributed by atoms with van der Waals surface area (Å²) in [6, 6.07) is 0.372. The van der Waals surface area contributed by atoms with Crippen LogP contribution in [0, 0.1) is 5.95 Å². The lowest BCUT2D eigenvalue weighted by molar-refractivity contribution is -0.143. The van der Waals surface area contributed by atoms with Gasteiger partial charge in [0.1, 0.15) is 5.75 Å². The van der Waals surface area contributed by atoms with Crippen LogP contribution in [0.1, 0.15) is 17.7 Å². The lowest BCUT2D eigenvalue weighted by Gasteiger charge is -2.14. The second kappa shape index (κ2) is 4.18. The van der Waals surface area contributed by atoms with Crippen molar-refractivity contribution in [2.24, 2.45) is 0 Å². The summed E-state index contributed by atoms with van der Waals surface area (Å²) in [6.07, 6.45) is -8.62. The fourth-order valence-corrected chi connectivity index (χ4v) is 1.10. The molecule has 0 unspecified atom stereocenters. The highest BCUT2D eigenvalue weighted by atomic mass is 19.4. The maximum absolute atomic E-state index is 12.7. The largest absolute Gasteiger partial charge is 0.496 e. The van der Waals surface area contributed by atoms with Crippen LogP contribution in [0.4, 0.5) is 26.3 Å². The molecule has 0 bridgehead atoms. The summed E-state index contributed by atoms with van der Waals surface area (Å²) in [5.74, 6) is -2.41. The van der Waals surface area contributed by atoms with Crippen LogP contribution < -0.4 is 4.74 Å². The monoisotopic (exact) mass is 245 g/mol. The number of rotatable bonds is 2. The molecule has 0 aliphatic heterocycles. The molecular formula is C8H5F6NO.